The van der Waals surface area contributed by atoms with Crippen LogP contribution in [0.25, 0.3) is 6.08 Å². The number of nitrogens with one attached hydrogen (secondary N) is 1. The van der Waals surface area contributed by atoms with Crippen molar-refractivity contribution in [2.24, 2.45) is 0 Å². The average molecular weight is 390 g/mol. The lowest BCUT2D eigenvalue weighted by Gasteiger charge is -2.08. The van der Waals surface area contributed by atoms with Crippen LogP contribution in [0, 0.1) is 0 Å². The number of rotatable bonds is 8. The minimum atomic E-state index is -0.635. The molecule has 0 saturated carbocycles. The summed E-state index contributed by atoms with van der Waals surface area (Å²) in [6.07, 6.45) is 2.82. The number of methoxy groups -OCH3 is 1. The van der Waals surface area contributed by atoms with E-state index in [1.165, 1.54) is 13.2 Å². The van der Waals surface area contributed by atoms with Crippen LogP contribution >= 0.6 is 11.6 Å². The highest BCUT2D eigenvalue weighted by molar-refractivity contribution is 6.32. The summed E-state index contributed by atoms with van der Waals surface area (Å²) in [6.45, 7) is 1.98. The third-order valence-electron chi connectivity index (χ3n) is 3.40. The van der Waals surface area contributed by atoms with E-state index in [9.17, 15) is 9.59 Å². The Morgan fingerprint density at radius 3 is 2.63 bits per heavy atom. The second kappa shape index (κ2) is 10.2. The molecule has 7 heteroatoms. The van der Waals surface area contributed by atoms with Crippen molar-refractivity contribution in [2.45, 2.75) is 6.92 Å². The highest BCUT2D eigenvalue weighted by atomic mass is 35.5. The maximum absolute atomic E-state index is 11.9. The summed E-state index contributed by atoms with van der Waals surface area (Å²) < 4.78 is 15.4. The molecule has 27 heavy (non-hydrogen) atoms. The van der Waals surface area contributed by atoms with Crippen molar-refractivity contribution in [2.75, 3.05) is 25.6 Å². The van der Waals surface area contributed by atoms with Gasteiger partial charge in [0.05, 0.1) is 18.7 Å². The second-order valence-electron chi connectivity index (χ2n) is 5.31. The molecule has 6 nitrogen and oxygen atoms in total. The first-order valence-electron chi connectivity index (χ1n) is 8.23. The number of hydrogen-bond donors (Lipinski definition) is 1. The summed E-state index contributed by atoms with van der Waals surface area (Å²) >= 11 is 5.99. The van der Waals surface area contributed by atoms with Gasteiger partial charge in [0.2, 0.25) is 0 Å². The van der Waals surface area contributed by atoms with E-state index < -0.39 is 18.5 Å². The quantitative estimate of drug-likeness (QED) is 0.546. The number of para-hydroxylation sites is 1. The van der Waals surface area contributed by atoms with Gasteiger partial charge in [-0.2, -0.15) is 0 Å². The summed E-state index contributed by atoms with van der Waals surface area (Å²) in [6, 6.07) is 12.1. The summed E-state index contributed by atoms with van der Waals surface area (Å²) in [7, 11) is 1.50. The number of esters is 1. The van der Waals surface area contributed by atoms with Gasteiger partial charge in [0.25, 0.3) is 5.91 Å². The zero-order valence-electron chi connectivity index (χ0n) is 15.0. The molecule has 0 spiro atoms. The molecular formula is C20H20ClNO5. The van der Waals surface area contributed by atoms with Gasteiger partial charge < -0.3 is 19.5 Å². The maximum atomic E-state index is 11.9. The molecule has 2 rings (SSSR count). The van der Waals surface area contributed by atoms with Crippen LogP contribution in [-0.4, -0.2) is 32.2 Å². The fourth-order valence-corrected chi connectivity index (χ4v) is 2.45. The predicted molar refractivity (Wildman–Crippen MR) is 104 cm³/mol. The second-order valence-corrected chi connectivity index (χ2v) is 5.72. The van der Waals surface area contributed by atoms with Crippen molar-refractivity contribution in [3.63, 3.8) is 0 Å². The molecule has 2 aromatic rings. The van der Waals surface area contributed by atoms with Crippen molar-refractivity contribution >= 4 is 35.2 Å². The van der Waals surface area contributed by atoms with E-state index in [-0.39, 0.29) is 0 Å². The summed E-state index contributed by atoms with van der Waals surface area (Å²) in [5.74, 6) is 0.0497. The number of anilines is 1. The van der Waals surface area contributed by atoms with Gasteiger partial charge in [-0.15, -0.1) is 0 Å². The lowest BCUT2D eigenvalue weighted by atomic mass is 10.2. The average Bonchev–Trinajstić information content (AvgIpc) is 2.66. The van der Waals surface area contributed by atoms with Crippen LogP contribution < -0.4 is 14.8 Å². The monoisotopic (exact) mass is 389 g/mol. The third kappa shape index (κ3) is 6.34. The number of ether oxygens (including phenoxy) is 3. The third-order valence-corrected chi connectivity index (χ3v) is 3.69. The maximum Gasteiger partial charge on any atom is 0.331 e. The molecule has 0 unspecified atom stereocenters. The van der Waals surface area contributed by atoms with Crippen molar-refractivity contribution in [3.8, 4) is 11.5 Å². The zero-order chi connectivity index (χ0) is 19.6. The van der Waals surface area contributed by atoms with Crippen molar-refractivity contribution < 1.29 is 23.8 Å². The molecule has 0 saturated heterocycles. The van der Waals surface area contributed by atoms with Crippen LogP contribution in [0.3, 0.4) is 0 Å². The van der Waals surface area contributed by atoms with Crippen molar-refractivity contribution in [1.29, 1.82) is 0 Å². The lowest BCUT2D eigenvalue weighted by molar-refractivity contribution is -0.142. The Morgan fingerprint density at radius 1 is 1.15 bits per heavy atom. The Kier molecular flexibility index (Phi) is 7.70. The molecule has 0 fully saturated rings. The predicted octanol–water partition coefficient (Wildman–Crippen LogP) is 3.94. The fraction of sp³-hybridized carbons (Fsp3) is 0.200. The topological polar surface area (TPSA) is 73.9 Å². The molecule has 0 aromatic heterocycles. The number of hydrogen-bond acceptors (Lipinski definition) is 5. The van der Waals surface area contributed by atoms with Crippen molar-refractivity contribution in [3.05, 3.63) is 59.1 Å². The minimum Gasteiger partial charge on any atom is -0.495 e. The highest BCUT2D eigenvalue weighted by Crippen LogP contribution is 2.27. The van der Waals surface area contributed by atoms with E-state index in [4.69, 9.17) is 25.8 Å². The lowest BCUT2D eigenvalue weighted by Crippen LogP contribution is -2.20. The smallest absolute Gasteiger partial charge is 0.331 e. The van der Waals surface area contributed by atoms with Gasteiger partial charge in [-0.25, -0.2) is 4.79 Å². The van der Waals surface area contributed by atoms with Crippen LogP contribution in [0.2, 0.25) is 5.02 Å². The summed E-state index contributed by atoms with van der Waals surface area (Å²) in [5, 5.41) is 2.95. The number of benzene rings is 2. The van der Waals surface area contributed by atoms with E-state index in [2.05, 4.69) is 5.32 Å². The number of amides is 1. The molecule has 142 valence electrons. The Balaban J connectivity index is 1.86. The first-order chi connectivity index (χ1) is 13.0. The molecule has 0 atom stereocenters. The van der Waals surface area contributed by atoms with Crippen LogP contribution in [0.15, 0.2) is 48.5 Å². The van der Waals surface area contributed by atoms with Crippen LogP contribution in [0.4, 0.5) is 5.69 Å². The Bertz CT molecular complexity index is 835. The molecule has 2 aromatic carbocycles. The molecule has 1 amide bonds. The standard InChI is InChI=1S/C20H20ClNO5/c1-3-26-17-7-5-4-6-14(17)8-11-20(24)27-13-19(23)22-15-9-10-18(25-2)16(21)12-15/h4-12H,3,13H2,1-2H3,(H,22,23)/b11-8+. The van der Waals surface area contributed by atoms with Crippen LogP contribution in [0.1, 0.15) is 12.5 Å². The molecule has 0 aliphatic heterocycles. The first-order valence-corrected chi connectivity index (χ1v) is 8.61. The van der Waals surface area contributed by atoms with Crippen LogP contribution in [0.5, 0.6) is 11.5 Å². The fourth-order valence-electron chi connectivity index (χ4n) is 2.19. The molecule has 0 aliphatic rings. The van der Waals surface area contributed by atoms with E-state index in [0.29, 0.717) is 28.8 Å². The molecule has 0 radical (unpaired) electrons. The molecule has 0 aliphatic carbocycles. The SMILES string of the molecule is CCOc1ccccc1/C=C/C(=O)OCC(=O)Nc1ccc(OC)c(Cl)c1. The first kappa shape index (κ1) is 20.3. The number of halogens is 1. The largest absolute Gasteiger partial charge is 0.495 e. The Morgan fingerprint density at radius 2 is 1.93 bits per heavy atom. The summed E-state index contributed by atoms with van der Waals surface area (Å²) in [5.41, 5.74) is 1.22. The van der Waals surface area contributed by atoms with Gasteiger partial charge in [0.1, 0.15) is 11.5 Å². The van der Waals surface area contributed by atoms with E-state index >= 15 is 0 Å². The normalized spacial score (nSPS) is 10.5. The van der Waals surface area contributed by atoms with E-state index in [0.717, 1.165) is 5.56 Å². The van der Waals surface area contributed by atoms with Gasteiger partial charge in [-0.05, 0) is 37.3 Å². The van der Waals surface area contributed by atoms with Gasteiger partial charge in [-0.1, -0.05) is 29.8 Å². The van der Waals surface area contributed by atoms with Crippen molar-refractivity contribution in [1.82, 2.24) is 0 Å². The molecule has 0 heterocycles. The molecule has 1 N–H and O–H groups in total. The summed E-state index contributed by atoms with van der Waals surface area (Å²) in [4.78, 5) is 23.7. The van der Waals surface area contributed by atoms with E-state index in [1.807, 2.05) is 31.2 Å². The minimum absolute atomic E-state index is 0.364. The molecule has 0 bridgehead atoms. The Hall–Kier alpha value is -2.99. The highest BCUT2D eigenvalue weighted by Gasteiger charge is 2.08. The number of carbonyl (C=O) groups is 2. The van der Waals surface area contributed by atoms with Gasteiger partial charge in [0.15, 0.2) is 6.61 Å². The van der Waals surface area contributed by atoms with Gasteiger partial charge in [0, 0.05) is 17.3 Å². The molecular weight excluding hydrogens is 370 g/mol. The van der Waals surface area contributed by atoms with Crippen LogP contribution in [-0.2, 0) is 14.3 Å². The van der Waals surface area contributed by atoms with E-state index in [1.54, 1.807) is 24.3 Å². The number of carbonyl (C=O) groups excluding carboxylic acids is 2. The zero-order valence-corrected chi connectivity index (χ0v) is 15.8. The van der Waals surface area contributed by atoms with Gasteiger partial charge in [-0.3, -0.25) is 4.79 Å². The Labute approximate surface area is 162 Å². The van der Waals surface area contributed by atoms with Gasteiger partial charge >= 0.3 is 5.97 Å².